The van der Waals surface area contributed by atoms with E-state index in [4.69, 9.17) is 17.3 Å². The fraction of sp³-hybridized carbons (Fsp3) is 0.231. The third-order valence-electron chi connectivity index (χ3n) is 3.27. The van der Waals surface area contributed by atoms with Gasteiger partial charge in [-0.15, -0.1) is 0 Å². The number of nitrogens with zero attached hydrogens (tertiary/aromatic N) is 3. The molecule has 6 heteroatoms. The Morgan fingerprint density at radius 1 is 1.37 bits per heavy atom. The van der Waals surface area contributed by atoms with Gasteiger partial charge in [-0.2, -0.15) is 0 Å². The van der Waals surface area contributed by atoms with Crippen LogP contribution >= 0.6 is 11.6 Å². The molecule has 0 spiro atoms. The molecule has 1 amide bonds. The molecule has 19 heavy (non-hydrogen) atoms. The minimum absolute atomic E-state index is 0.0439. The number of aromatic nitrogens is 2. The van der Waals surface area contributed by atoms with Crippen LogP contribution in [-0.2, 0) is 13.1 Å². The number of rotatable bonds is 1. The number of imidazole rings is 1. The molecule has 0 atom stereocenters. The lowest BCUT2D eigenvalue weighted by molar-refractivity contribution is 0.0707. The Hall–Kier alpha value is -2.01. The maximum absolute atomic E-state index is 12.4. The molecule has 1 aromatic heterocycles. The number of anilines is 1. The summed E-state index contributed by atoms with van der Waals surface area (Å²) in [6, 6.07) is 4.96. The molecule has 2 aromatic rings. The van der Waals surface area contributed by atoms with Crippen LogP contribution in [0.25, 0.3) is 0 Å². The highest BCUT2D eigenvalue weighted by atomic mass is 35.5. The summed E-state index contributed by atoms with van der Waals surface area (Å²) in [6.45, 7) is 1.96. The molecule has 5 nitrogen and oxygen atoms in total. The third-order valence-corrected chi connectivity index (χ3v) is 3.62. The normalized spacial score (nSPS) is 14.3. The Labute approximate surface area is 115 Å². The summed E-state index contributed by atoms with van der Waals surface area (Å²) < 4.78 is 2.06. The zero-order valence-electron chi connectivity index (χ0n) is 10.2. The van der Waals surface area contributed by atoms with Gasteiger partial charge in [-0.25, -0.2) is 4.98 Å². The van der Waals surface area contributed by atoms with Gasteiger partial charge in [0.05, 0.1) is 17.3 Å². The van der Waals surface area contributed by atoms with E-state index in [0.29, 0.717) is 29.4 Å². The second-order valence-corrected chi connectivity index (χ2v) is 4.91. The van der Waals surface area contributed by atoms with Crippen molar-refractivity contribution in [1.29, 1.82) is 0 Å². The van der Waals surface area contributed by atoms with Gasteiger partial charge in [0.15, 0.2) is 0 Å². The number of halogens is 1. The third kappa shape index (κ3) is 2.17. The molecule has 0 unspecified atom stereocenters. The molecular weight excluding hydrogens is 264 g/mol. The van der Waals surface area contributed by atoms with E-state index in [1.54, 1.807) is 29.3 Å². The van der Waals surface area contributed by atoms with Crippen LogP contribution in [0.4, 0.5) is 5.69 Å². The number of amides is 1. The molecule has 2 heterocycles. The molecule has 98 valence electrons. The summed E-state index contributed by atoms with van der Waals surface area (Å²) in [6.07, 6.45) is 3.68. The van der Waals surface area contributed by atoms with E-state index in [1.807, 2.05) is 6.20 Å². The number of carbonyl (C=O) groups is 1. The van der Waals surface area contributed by atoms with Gasteiger partial charge in [0.1, 0.15) is 5.82 Å². The number of hydrogen-bond donors (Lipinski definition) is 1. The highest BCUT2D eigenvalue weighted by molar-refractivity contribution is 6.33. The zero-order valence-corrected chi connectivity index (χ0v) is 11.0. The summed E-state index contributed by atoms with van der Waals surface area (Å²) in [5, 5.41) is 0.464. The number of nitrogens with two attached hydrogens (primary N) is 1. The quantitative estimate of drug-likeness (QED) is 0.808. The molecule has 3 rings (SSSR count). The lowest BCUT2D eigenvalue weighted by Gasteiger charge is -2.27. The zero-order chi connectivity index (χ0) is 13.4. The van der Waals surface area contributed by atoms with Crippen LogP contribution in [0.15, 0.2) is 30.6 Å². The second kappa shape index (κ2) is 4.59. The fourth-order valence-electron chi connectivity index (χ4n) is 2.21. The maximum Gasteiger partial charge on any atom is 0.254 e. The SMILES string of the molecule is Nc1cc(C(=O)N2CCn3ccnc3C2)ccc1Cl. The predicted molar refractivity (Wildman–Crippen MR) is 72.8 cm³/mol. The number of fused-ring (bicyclic) bond motifs is 1. The summed E-state index contributed by atoms with van der Waals surface area (Å²) >= 11 is 5.86. The van der Waals surface area contributed by atoms with E-state index >= 15 is 0 Å². The van der Waals surface area contributed by atoms with Crippen LogP contribution in [0.2, 0.25) is 5.02 Å². The molecule has 1 aromatic carbocycles. The summed E-state index contributed by atoms with van der Waals surface area (Å²) in [4.78, 5) is 18.4. The van der Waals surface area contributed by atoms with Crippen LogP contribution in [0.3, 0.4) is 0 Å². The lowest BCUT2D eigenvalue weighted by atomic mass is 10.1. The van der Waals surface area contributed by atoms with E-state index < -0.39 is 0 Å². The second-order valence-electron chi connectivity index (χ2n) is 4.50. The number of benzene rings is 1. The Morgan fingerprint density at radius 2 is 2.21 bits per heavy atom. The Balaban J connectivity index is 1.83. The monoisotopic (exact) mass is 276 g/mol. The molecular formula is C13H13ClN4O. The Bertz CT molecular complexity index is 637. The van der Waals surface area contributed by atoms with Crippen LogP contribution in [0.1, 0.15) is 16.2 Å². The smallest absolute Gasteiger partial charge is 0.254 e. The summed E-state index contributed by atoms with van der Waals surface area (Å²) in [7, 11) is 0. The van der Waals surface area contributed by atoms with Gasteiger partial charge in [0.25, 0.3) is 5.91 Å². The van der Waals surface area contributed by atoms with E-state index in [-0.39, 0.29) is 5.91 Å². The highest BCUT2D eigenvalue weighted by Gasteiger charge is 2.22. The number of nitrogen functional groups attached to an aromatic ring is 1. The molecule has 1 aliphatic heterocycles. The largest absolute Gasteiger partial charge is 0.398 e. The molecule has 0 aliphatic carbocycles. The van der Waals surface area contributed by atoms with Crippen molar-refractivity contribution in [3.8, 4) is 0 Å². The predicted octanol–water partition coefficient (Wildman–Crippen LogP) is 1.77. The van der Waals surface area contributed by atoms with E-state index in [0.717, 1.165) is 12.4 Å². The van der Waals surface area contributed by atoms with Crippen molar-refractivity contribution in [3.63, 3.8) is 0 Å². The lowest BCUT2D eigenvalue weighted by Crippen LogP contribution is -2.38. The van der Waals surface area contributed by atoms with Gasteiger partial charge in [-0.1, -0.05) is 11.6 Å². The van der Waals surface area contributed by atoms with Gasteiger partial charge in [-0.05, 0) is 18.2 Å². The maximum atomic E-state index is 12.4. The first-order chi connectivity index (χ1) is 9.15. The minimum atomic E-state index is -0.0439. The van der Waals surface area contributed by atoms with Gasteiger partial charge < -0.3 is 15.2 Å². The Morgan fingerprint density at radius 3 is 3.00 bits per heavy atom. The van der Waals surface area contributed by atoms with E-state index in [9.17, 15) is 4.79 Å². The van der Waals surface area contributed by atoms with Crippen molar-refractivity contribution in [2.75, 3.05) is 12.3 Å². The van der Waals surface area contributed by atoms with Crippen molar-refractivity contribution in [2.45, 2.75) is 13.1 Å². The van der Waals surface area contributed by atoms with Crippen LogP contribution in [0, 0.1) is 0 Å². The summed E-state index contributed by atoms with van der Waals surface area (Å²) in [5.74, 6) is 0.860. The molecule has 0 radical (unpaired) electrons. The van der Waals surface area contributed by atoms with Crippen LogP contribution in [-0.4, -0.2) is 26.9 Å². The first-order valence-electron chi connectivity index (χ1n) is 5.99. The van der Waals surface area contributed by atoms with Crippen molar-refractivity contribution in [1.82, 2.24) is 14.5 Å². The molecule has 0 saturated heterocycles. The molecule has 0 saturated carbocycles. The number of hydrogen-bond acceptors (Lipinski definition) is 3. The highest BCUT2D eigenvalue weighted by Crippen LogP contribution is 2.21. The van der Waals surface area contributed by atoms with Crippen molar-refractivity contribution in [3.05, 3.63) is 47.0 Å². The van der Waals surface area contributed by atoms with Crippen molar-refractivity contribution in [2.24, 2.45) is 0 Å². The minimum Gasteiger partial charge on any atom is -0.398 e. The van der Waals surface area contributed by atoms with Gasteiger partial charge in [-0.3, -0.25) is 4.79 Å². The van der Waals surface area contributed by atoms with Crippen molar-refractivity contribution >= 4 is 23.2 Å². The first kappa shape index (κ1) is 12.0. The average molecular weight is 277 g/mol. The van der Waals surface area contributed by atoms with E-state index in [1.165, 1.54) is 0 Å². The van der Waals surface area contributed by atoms with Crippen LogP contribution in [0.5, 0.6) is 0 Å². The van der Waals surface area contributed by atoms with Gasteiger partial charge in [0, 0.05) is 31.0 Å². The number of carbonyl (C=O) groups excluding carboxylic acids is 1. The Kier molecular flexibility index (Phi) is 2.91. The van der Waals surface area contributed by atoms with E-state index in [2.05, 4.69) is 9.55 Å². The molecule has 2 N–H and O–H groups in total. The molecule has 1 aliphatic rings. The average Bonchev–Trinajstić information content (AvgIpc) is 2.88. The first-order valence-corrected chi connectivity index (χ1v) is 6.37. The summed E-state index contributed by atoms with van der Waals surface area (Å²) in [5.41, 5.74) is 6.71. The van der Waals surface area contributed by atoms with Gasteiger partial charge >= 0.3 is 0 Å². The standard InChI is InChI=1S/C13H13ClN4O/c14-10-2-1-9(7-11(10)15)13(19)18-6-5-17-4-3-16-12(17)8-18/h1-4,7H,5-6,8,15H2. The topological polar surface area (TPSA) is 64.2 Å². The molecule has 0 bridgehead atoms. The van der Waals surface area contributed by atoms with Gasteiger partial charge in [0.2, 0.25) is 0 Å². The van der Waals surface area contributed by atoms with Crippen LogP contribution < -0.4 is 5.73 Å². The fourth-order valence-corrected chi connectivity index (χ4v) is 2.32. The molecule has 0 fully saturated rings. The van der Waals surface area contributed by atoms with Crippen molar-refractivity contribution < 1.29 is 4.79 Å².